The molecule has 72 heavy (non-hydrogen) atoms. The van der Waals surface area contributed by atoms with Gasteiger partial charge < -0.3 is 61.8 Å². The first-order chi connectivity index (χ1) is 32.7. The van der Waals surface area contributed by atoms with Gasteiger partial charge in [0, 0.05) is 17.9 Å². The van der Waals surface area contributed by atoms with Crippen LogP contribution in [0, 0.1) is 71.0 Å². The van der Waals surface area contributed by atoms with Crippen molar-refractivity contribution in [1.82, 2.24) is 27.0 Å². The number of likely N-dealkylation sites (tertiary alicyclic amines) is 1. The molecule has 0 unspecified atom stereocenters. The summed E-state index contributed by atoms with van der Waals surface area (Å²) < 4.78 is 20.8. The minimum atomic E-state index is -1.10. The summed E-state index contributed by atoms with van der Waals surface area (Å²) in [5.74, 6) is -2.56. The number of hydrogen-bond acceptors (Lipinski definition) is 13. The number of primary amides is 1. The van der Waals surface area contributed by atoms with Crippen LogP contribution in [0.4, 0.5) is 19.2 Å². The van der Waals surface area contributed by atoms with Gasteiger partial charge in [0.05, 0.1) is 35.9 Å². The van der Waals surface area contributed by atoms with E-state index in [1.165, 1.54) is 4.90 Å². The van der Waals surface area contributed by atoms with Gasteiger partial charge in [0.2, 0.25) is 11.8 Å². The Morgan fingerprint density at radius 3 is 1.22 bits per heavy atom. The van der Waals surface area contributed by atoms with E-state index in [1.54, 1.807) is 62.3 Å². The van der Waals surface area contributed by atoms with Gasteiger partial charge in [-0.3, -0.25) is 14.4 Å². The molecule has 1 aliphatic heterocycles. The number of carboxylic acids is 2. The molecule has 9 aliphatic rings. The van der Waals surface area contributed by atoms with Crippen molar-refractivity contribution in [2.45, 2.75) is 155 Å². The molecule has 10 N–H and O–H groups in total. The lowest BCUT2D eigenvalue weighted by Crippen LogP contribution is -2.65. The largest absolute Gasteiger partial charge is 0.550 e. The molecule has 1 heterocycles. The minimum Gasteiger partial charge on any atom is -0.550 e. The first-order valence-corrected chi connectivity index (χ1v) is 24.7. The summed E-state index contributed by atoms with van der Waals surface area (Å²) in [6.07, 6.45) is 17.5. The highest BCUT2D eigenvalue weighted by atomic mass is 16.6. The quantitative estimate of drug-likeness (QED) is 0.105. The van der Waals surface area contributed by atoms with Crippen LogP contribution in [-0.4, -0.2) is 105 Å². The number of aliphatic carboxylic acids is 2. The second kappa shape index (κ2) is 21.3. The number of carbonyl (C=O) groups is 8. The summed E-state index contributed by atoms with van der Waals surface area (Å²) in [6, 6.07) is -0.938. The van der Waals surface area contributed by atoms with Crippen molar-refractivity contribution >= 4 is 48.1 Å². The molecule has 8 aliphatic carbocycles. The third-order valence-electron chi connectivity index (χ3n) is 14.1. The number of nitrogens with zero attached hydrogens (tertiary/aromatic N) is 1. The number of imide groups is 1. The molecule has 9 rings (SSSR count). The number of rotatable bonds is 6. The van der Waals surface area contributed by atoms with Crippen LogP contribution in [-0.2, 0) is 38.1 Å². The van der Waals surface area contributed by atoms with Crippen molar-refractivity contribution in [3.05, 3.63) is 48.6 Å². The number of amides is 6. The normalized spacial score (nSPS) is 34.1. The van der Waals surface area contributed by atoms with E-state index >= 15 is 0 Å². The predicted molar refractivity (Wildman–Crippen MR) is 261 cm³/mol. The summed E-state index contributed by atoms with van der Waals surface area (Å²) in [7, 11) is 0. The van der Waals surface area contributed by atoms with Crippen molar-refractivity contribution in [1.29, 1.82) is 0 Å². The third kappa shape index (κ3) is 13.4. The molecule has 0 aromatic rings. The number of alkyl carbamates (subject to hydrolysis) is 3. The molecule has 400 valence electrons. The maximum atomic E-state index is 12.0. The molecule has 16 atom stereocenters. The van der Waals surface area contributed by atoms with Gasteiger partial charge in [-0.1, -0.05) is 48.6 Å². The number of β-lactam (4-membered cyclic amide) rings is 1. The zero-order valence-corrected chi connectivity index (χ0v) is 44.0. The molecular weight excluding hydrogens is 933 g/mol. The van der Waals surface area contributed by atoms with Crippen LogP contribution in [0.25, 0.3) is 0 Å². The highest BCUT2D eigenvalue weighted by Gasteiger charge is 2.63. The van der Waals surface area contributed by atoms with Crippen molar-refractivity contribution in [3.63, 3.8) is 0 Å². The lowest BCUT2D eigenvalue weighted by molar-refractivity contribution is -0.313. The Kier molecular flexibility index (Phi) is 16.8. The van der Waals surface area contributed by atoms with Crippen molar-refractivity contribution in [2.75, 3.05) is 0 Å². The molecule has 0 aromatic heterocycles. The van der Waals surface area contributed by atoms with E-state index in [1.807, 2.05) is 57.2 Å². The van der Waals surface area contributed by atoms with E-state index in [4.69, 9.17) is 24.7 Å². The van der Waals surface area contributed by atoms with Gasteiger partial charge in [0.25, 0.3) is 0 Å². The number of carboxylic acid groups (broad SMARTS) is 2. The van der Waals surface area contributed by atoms with Gasteiger partial charge in [-0.15, -0.1) is 0 Å². The predicted octanol–water partition coefficient (Wildman–Crippen LogP) is 5.76. The molecule has 0 spiro atoms. The van der Waals surface area contributed by atoms with E-state index in [0.29, 0.717) is 11.8 Å². The Hall–Kier alpha value is -5.92. The maximum Gasteiger partial charge on any atom is 0.417 e. The molecule has 8 bridgehead atoms. The van der Waals surface area contributed by atoms with Gasteiger partial charge in [0.1, 0.15) is 22.4 Å². The summed E-state index contributed by atoms with van der Waals surface area (Å²) in [6.45, 7) is 21.5. The highest BCUT2D eigenvalue weighted by molar-refractivity contribution is 6.00. The van der Waals surface area contributed by atoms with Gasteiger partial charge in [-0.25, -0.2) is 24.1 Å². The number of nitrogens with two attached hydrogens (primary N) is 1. The number of carbonyl (C=O) groups excluding carboxylic acids is 7. The smallest absolute Gasteiger partial charge is 0.417 e. The Labute approximate surface area is 422 Å². The zero-order valence-electron chi connectivity index (χ0n) is 44.0. The summed E-state index contributed by atoms with van der Waals surface area (Å²) in [5.41, 5.74) is 3.16. The summed E-state index contributed by atoms with van der Waals surface area (Å²) in [4.78, 5) is 94.2. The first kappa shape index (κ1) is 57.0. The van der Waals surface area contributed by atoms with Crippen molar-refractivity contribution in [2.24, 2.45) is 76.7 Å². The third-order valence-corrected chi connectivity index (χ3v) is 14.1. The standard InChI is InChI=1S/C13H20N2O3.2C13H19NO4.C13H17NO3.H3N/c1-13(2,3)18-12(17)15-10-8-5-4-7(6-8)9(10)11(14)16;2*1-13(2,3)18-12(17)14-10-8-5-4-7(6-8)9(10)11(15)16;1-13(2,3)17-12(16)14-10-8-5-4-7(6-8)9(10)11(14)15;/h4-5,7-10H,6H2,1-3H3,(H2,14,16)(H,15,17);2*4-5,7-10H,6H2,1-3H3,(H,14,17)(H,15,16);4-5,7-10H,6H2,1-3H3;1H3/t3*7-,8+,9+,10-;7-,8+,9+,10+;/m1001./s1. The number of quaternary nitrogens is 1. The van der Waals surface area contributed by atoms with E-state index in [-0.39, 0.29) is 83.4 Å². The summed E-state index contributed by atoms with van der Waals surface area (Å²) >= 11 is 0. The molecule has 20 heteroatoms. The van der Waals surface area contributed by atoms with E-state index in [2.05, 4.69) is 28.1 Å². The van der Waals surface area contributed by atoms with Gasteiger partial charge in [0.15, 0.2) is 0 Å². The fourth-order valence-corrected chi connectivity index (χ4v) is 11.7. The first-order valence-electron chi connectivity index (χ1n) is 24.7. The van der Waals surface area contributed by atoms with Crippen molar-refractivity contribution in [3.8, 4) is 0 Å². The number of allylic oxidation sites excluding steroid dienone is 4. The van der Waals surface area contributed by atoms with Crippen LogP contribution in [0.2, 0.25) is 0 Å². The molecule has 5 fully saturated rings. The number of ether oxygens (including phenoxy) is 4. The Balaban J connectivity index is 0.000000177. The van der Waals surface area contributed by atoms with Gasteiger partial charge >= 0.3 is 30.3 Å². The second-order valence-electron chi connectivity index (χ2n) is 24.2. The van der Waals surface area contributed by atoms with E-state index in [9.17, 15) is 48.6 Å². The average Bonchev–Trinajstić information content (AvgIpc) is 4.06. The minimum absolute atomic E-state index is 0. The molecular formula is C52H78N6O14. The monoisotopic (exact) mass is 1010 g/mol. The van der Waals surface area contributed by atoms with Crippen LogP contribution in [0.3, 0.4) is 0 Å². The van der Waals surface area contributed by atoms with Gasteiger partial charge in [-0.2, -0.15) is 0 Å². The number of nitrogens with one attached hydrogen (secondary N) is 3. The average molecular weight is 1010 g/mol. The molecule has 6 amide bonds. The highest BCUT2D eigenvalue weighted by Crippen LogP contribution is 2.53. The van der Waals surface area contributed by atoms with Crippen LogP contribution in [0.15, 0.2) is 48.6 Å². The Morgan fingerprint density at radius 1 is 0.528 bits per heavy atom. The number of hydrogen-bond donors (Lipinski definition) is 6. The molecule has 0 radical (unpaired) electrons. The van der Waals surface area contributed by atoms with E-state index < -0.39 is 76.6 Å². The lowest BCUT2D eigenvalue weighted by Gasteiger charge is -2.46. The van der Waals surface area contributed by atoms with Crippen LogP contribution in [0.5, 0.6) is 0 Å². The van der Waals surface area contributed by atoms with Gasteiger partial charge in [-0.05, 0) is 156 Å². The van der Waals surface area contributed by atoms with Crippen LogP contribution in [0.1, 0.15) is 109 Å². The topological polar surface area (TPSA) is 319 Å². The molecule has 0 aromatic carbocycles. The Bertz CT molecular complexity index is 2050. The lowest BCUT2D eigenvalue weighted by atomic mass is 9.80. The zero-order chi connectivity index (χ0) is 52.9. The molecule has 1 saturated heterocycles. The van der Waals surface area contributed by atoms with Crippen LogP contribution < -0.4 is 32.9 Å². The Morgan fingerprint density at radius 2 is 0.847 bits per heavy atom. The molecule has 4 saturated carbocycles. The van der Waals surface area contributed by atoms with E-state index in [0.717, 1.165) is 25.7 Å². The van der Waals surface area contributed by atoms with Crippen molar-refractivity contribution < 1.29 is 67.5 Å². The second-order valence-corrected chi connectivity index (χ2v) is 24.2. The molecule has 20 nitrogen and oxygen atoms in total. The summed E-state index contributed by atoms with van der Waals surface area (Å²) in [5, 5.41) is 28.5. The SMILES string of the molecule is CC(C)(C)OC(=O)N1C(=O)[C@@H]2[C@@H]1[C@H]1C=C[C@@H]2C1.CC(C)(C)OC(=O)N[C@@H]1[C@H](C(=O)O)[C@H]2C=C[C@@H]1C2.CC(C)(C)OC(=O)N[C@@H]1[C@H](C(=O)[O-])[C@H]2C=C[C@@H]1C2.CC(C)(C)OC(=O)N[C@H]1[C@@H](C(N)=O)[C@@H]2C=C[C@H]1C2.[NH4+]. The fourth-order valence-electron chi connectivity index (χ4n) is 11.7. The fraction of sp³-hybridized carbons (Fsp3) is 0.692. The maximum absolute atomic E-state index is 12.0. The van der Waals surface area contributed by atoms with Crippen LogP contribution >= 0.6 is 0 Å². The number of fused-ring (bicyclic) bond motifs is 11.